The highest BCUT2D eigenvalue weighted by Crippen LogP contribution is 2.44. The lowest BCUT2D eigenvalue weighted by atomic mass is 9.87. The molecule has 4 aliphatic rings. The van der Waals surface area contributed by atoms with E-state index in [1.807, 2.05) is 72.9 Å². The SMILES string of the molecule is COc1ccc(C#CCNC2(C)CCN(C3CCN(c4nc(C(COCNC(=O)C(CC(N)=O)NC(=O)O)(OC5CC5)c5ccccc5)c5cc(-c6cn(C)c(=O)c7[nH]ccc67)ccc5n4)CC3)CC2)cc1N1CCC(=O)NC1=O. The zero-order valence-electron chi connectivity index (χ0n) is 45.0. The van der Waals surface area contributed by atoms with Crippen LogP contribution in [0.2, 0.25) is 0 Å². The number of carbonyl (C=O) groups is 5. The molecule has 0 bridgehead atoms. The minimum Gasteiger partial charge on any atom is -0.495 e. The molecule has 80 heavy (non-hydrogen) atoms. The molecule has 3 aromatic heterocycles. The average Bonchev–Trinajstić information content (AvgIpc) is 4.27. The fourth-order valence-electron chi connectivity index (χ4n) is 11.0. The van der Waals surface area contributed by atoms with Crippen molar-refractivity contribution in [2.45, 2.75) is 87.6 Å². The topological polar surface area (TPSA) is 281 Å². The van der Waals surface area contributed by atoms with E-state index in [4.69, 9.17) is 29.9 Å². The standard InChI is InChI=1S/C58H66N12O10/c1-57(62-23-7-8-36-11-16-47(78-3)46(30-36)70-27-20-49(72)65-55(70)75)21-28-68(29-22-57)39-18-25-69(26-19-39)54-63-44-15-12-37(43-33-67(2)53(74)50-41(43)17-24-60-50)31-42(44)51(66-54)58(80-40-13-14-40,38-9-5-4-6-10-38)34-79-35-61-52(73)45(32-48(59)71)64-56(76)77/h4-6,9-12,15-17,24,30-31,33,39-40,45,60,62,64H,13-14,18-23,25-29,32,34-35H2,1-3H3,(H2,59,71)(H,61,73)(H,76,77)(H,65,72,75). The van der Waals surface area contributed by atoms with Crippen molar-refractivity contribution in [2.75, 3.05) is 69.5 Å². The summed E-state index contributed by atoms with van der Waals surface area (Å²) in [5, 5.41) is 21.6. The number of pyridine rings is 1. The molecule has 2 atom stereocenters. The lowest BCUT2D eigenvalue weighted by Crippen LogP contribution is -2.55. The lowest BCUT2D eigenvalue weighted by Gasteiger charge is -2.45. The molecule has 3 aromatic carbocycles. The first kappa shape index (κ1) is 55.0. The van der Waals surface area contributed by atoms with E-state index in [0.717, 1.165) is 79.3 Å². The number of carboxylic acid groups (broad SMARTS) is 1. The van der Waals surface area contributed by atoms with Crippen molar-refractivity contribution < 1.29 is 43.3 Å². The summed E-state index contributed by atoms with van der Waals surface area (Å²) in [6.45, 7) is 5.75. The minimum absolute atomic E-state index is 0.108. The van der Waals surface area contributed by atoms with Gasteiger partial charge in [-0.05, 0) is 93.0 Å². The van der Waals surface area contributed by atoms with Gasteiger partial charge in [0.15, 0.2) is 5.60 Å². The van der Waals surface area contributed by atoms with Crippen molar-refractivity contribution in [3.8, 4) is 28.7 Å². The number of rotatable bonds is 19. The predicted molar refractivity (Wildman–Crippen MR) is 299 cm³/mol. The highest BCUT2D eigenvalue weighted by molar-refractivity contribution is 6.06. The molecular weight excluding hydrogens is 1020 g/mol. The fourth-order valence-corrected chi connectivity index (χ4v) is 11.0. The number of carbonyl (C=O) groups excluding carboxylic acids is 4. The van der Waals surface area contributed by atoms with Crippen molar-refractivity contribution in [3.63, 3.8) is 0 Å². The van der Waals surface area contributed by atoms with Crippen LogP contribution in [0.3, 0.4) is 0 Å². The van der Waals surface area contributed by atoms with Gasteiger partial charge in [-0.3, -0.25) is 29.4 Å². The summed E-state index contributed by atoms with van der Waals surface area (Å²) in [6.07, 6.45) is 6.88. The van der Waals surface area contributed by atoms with Gasteiger partial charge >= 0.3 is 12.1 Å². The second-order valence-electron chi connectivity index (χ2n) is 21.2. The minimum atomic E-state index is -1.49. The van der Waals surface area contributed by atoms with E-state index in [0.29, 0.717) is 65.2 Å². The Morgan fingerprint density at radius 2 is 1.73 bits per heavy atom. The molecule has 0 spiro atoms. The van der Waals surface area contributed by atoms with Crippen LogP contribution < -0.4 is 47.1 Å². The molecule has 3 saturated heterocycles. The summed E-state index contributed by atoms with van der Waals surface area (Å²) in [5.41, 5.74) is 9.10. The Labute approximate surface area is 461 Å². The quantitative estimate of drug-likeness (QED) is 0.0336. The van der Waals surface area contributed by atoms with E-state index in [9.17, 15) is 33.9 Å². The molecule has 6 heterocycles. The number of nitrogens with one attached hydrogen (secondary N) is 5. The second-order valence-corrected chi connectivity index (χ2v) is 21.2. The van der Waals surface area contributed by atoms with Crippen molar-refractivity contribution in [2.24, 2.45) is 12.8 Å². The number of hydrogen-bond acceptors (Lipinski definition) is 14. The maximum absolute atomic E-state index is 13.2. The van der Waals surface area contributed by atoms with Gasteiger partial charge in [-0.2, -0.15) is 0 Å². The van der Waals surface area contributed by atoms with E-state index in [1.54, 1.807) is 31.0 Å². The number of anilines is 2. The van der Waals surface area contributed by atoms with Gasteiger partial charge in [0.1, 0.15) is 24.0 Å². The summed E-state index contributed by atoms with van der Waals surface area (Å²) in [7, 11) is 3.26. The number of nitrogens with zero attached hydrogens (tertiary/aromatic N) is 6. The van der Waals surface area contributed by atoms with E-state index in [1.165, 1.54) is 4.90 Å². The van der Waals surface area contributed by atoms with Gasteiger partial charge in [-0.15, -0.1) is 0 Å². The van der Waals surface area contributed by atoms with Gasteiger partial charge in [0.25, 0.3) is 5.56 Å². The molecule has 4 fully saturated rings. The number of aromatic amines is 1. The Hall–Kier alpha value is -8.36. The Kier molecular flexibility index (Phi) is 16.2. The van der Waals surface area contributed by atoms with Crippen LogP contribution in [0.5, 0.6) is 5.75 Å². The number of H-pyrrole nitrogens is 1. The van der Waals surface area contributed by atoms with Crippen LogP contribution in [-0.2, 0) is 36.5 Å². The molecule has 6 aromatic rings. The van der Waals surface area contributed by atoms with Crippen molar-refractivity contribution in [1.29, 1.82) is 0 Å². The molecule has 22 nitrogen and oxygen atoms in total. The van der Waals surface area contributed by atoms with Gasteiger partial charge in [0.2, 0.25) is 23.7 Å². The number of nitrogens with two attached hydrogens (primary N) is 1. The number of methoxy groups -OCH3 is 1. The number of imide groups is 1. The number of likely N-dealkylation sites (tertiary alicyclic amines) is 1. The number of aromatic nitrogens is 4. The van der Waals surface area contributed by atoms with Gasteiger partial charge in [-0.25, -0.2) is 19.6 Å². The first-order chi connectivity index (χ1) is 38.6. The number of hydrogen-bond donors (Lipinski definition) is 7. The maximum Gasteiger partial charge on any atom is 0.405 e. The Morgan fingerprint density at radius 3 is 2.44 bits per heavy atom. The van der Waals surface area contributed by atoms with Crippen LogP contribution in [0.15, 0.2) is 90.0 Å². The Balaban J connectivity index is 0.882. The lowest BCUT2D eigenvalue weighted by molar-refractivity contribution is -0.130. The van der Waals surface area contributed by atoms with Crippen molar-refractivity contribution in [1.82, 2.24) is 45.7 Å². The van der Waals surface area contributed by atoms with Crippen molar-refractivity contribution >= 4 is 63.3 Å². The van der Waals surface area contributed by atoms with Crippen LogP contribution >= 0.6 is 0 Å². The maximum atomic E-state index is 13.2. The van der Waals surface area contributed by atoms with Gasteiger partial charge in [0.05, 0.1) is 49.7 Å². The summed E-state index contributed by atoms with van der Waals surface area (Å²) >= 11 is 0. The largest absolute Gasteiger partial charge is 0.495 e. The molecule has 10 rings (SSSR count). The van der Waals surface area contributed by atoms with E-state index < -0.39 is 42.0 Å². The molecule has 0 radical (unpaired) electrons. The molecule has 1 saturated carbocycles. The molecule has 8 N–H and O–H groups in total. The first-order valence-electron chi connectivity index (χ1n) is 27.0. The van der Waals surface area contributed by atoms with Crippen LogP contribution in [0.1, 0.15) is 75.1 Å². The predicted octanol–water partition coefficient (Wildman–Crippen LogP) is 4.42. The Bertz CT molecular complexity index is 3430. The molecule has 2 unspecified atom stereocenters. The highest BCUT2D eigenvalue weighted by Gasteiger charge is 2.45. The number of fused-ring (bicyclic) bond motifs is 2. The molecule has 6 amide bonds. The third-order valence-electron chi connectivity index (χ3n) is 15.6. The monoisotopic (exact) mass is 1090 g/mol. The van der Waals surface area contributed by atoms with Crippen LogP contribution in [0, 0.1) is 11.8 Å². The number of aryl methyl sites for hydroxylation is 1. The second kappa shape index (κ2) is 23.5. The highest BCUT2D eigenvalue weighted by atomic mass is 16.6. The number of ether oxygens (including phenoxy) is 3. The van der Waals surface area contributed by atoms with Gasteiger partial charge < -0.3 is 60.4 Å². The zero-order valence-corrected chi connectivity index (χ0v) is 45.0. The fraction of sp³-hybridized carbons (Fsp3) is 0.414. The number of piperidine rings is 2. The van der Waals surface area contributed by atoms with Crippen molar-refractivity contribution in [3.05, 3.63) is 112 Å². The zero-order chi connectivity index (χ0) is 56.1. The smallest absolute Gasteiger partial charge is 0.405 e. The van der Waals surface area contributed by atoms with Crippen LogP contribution in [0.4, 0.5) is 21.2 Å². The van der Waals surface area contributed by atoms with Crippen LogP contribution in [0.25, 0.3) is 32.9 Å². The third kappa shape index (κ3) is 12.1. The molecule has 3 aliphatic heterocycles. The number of benzene rings is 3. The molecule has 22 heteroatoms. The summed E-state index contributed by atoms with van der Waals surface area (Å²) < 4.78 is 20.6. The number of urea groups is 1. The first-order valence-corrected chi connectivity index (χ1v) is 27.0. The number of primary amides is 1. The molecular formula is C58H66N12O10. The Morgan fingerprint density at radius 1 is 0.950 bits per heavy atom. The van der Waals surface area contributed by atoms with Gasteiger partial charge in [-0.1, -0.05) is 48.2 Å². The van der Waals surface area contributed by atoms with E-state index in [2.05, 4.69) is 54.8 Å². The van der Waals surface area contributed by atoms with Gasteiger partial charge in [0, 0.05) is 92.1 Å². The molecule has 1 aliphatic carbocycles. The normalized spacial score (nSPS) is 18.0. The van der Waals surface area contributed by atoms with E-state index in [-0.39, 0.29) is 49.4 Å². The summed E-state index contributed by atoms with van der Waals surface area (Å²) in [4.78, 5) is 94.3. The van der Waals surface area contributed by atoms with E-state index >= 15 is 0 Å². The molecule has 418 valence electrons. The number of amides is 6. The third-order valence-corrected chi connectivity index (χ3v) is 15.6. The summed E-state index contributed by atoms with van der Waals surface area (Å²) in [6, 6.07) is 21.4. The van der Waals surface area contributed by atoms with Crippen LogP contribution in [-0.4, -0.2) is 143 Å². The summed E-state index contributed by atoms with van der Waals surface area (Å²) in [5.74, 6) is 5.61. The average molecular weight is 1090 g/mol.